The minimum Gasteiger partial charge on any atom is -0.482 e. The van der Waals surface area contributed by atoms with E-state index in [0.717, 1.165) is 0 Å². The van der Waals surface area contributed by atoms with Crippen molar-refractivity contribution in [2.45, 2.75) is 17.4 Å². The fraction of sp³-hybridized carbons (Fsp3) is 0.364. The van der Waals surface area contributed by atoms with Gasteiger partial charge in [0, 0.05) is 4.83 Å². The van der Waals surface area contributed by atoms with Crippen LogP contribution in [-0.4, -0.2) is 18.7 Å². The third-order valence-electron chi connectivity index (χ3n) is 2.41. The van der Waals surface area contributed by atoms with E-state index in [0.29, 0.717) is 17.0 Å². The van der Waals surface area contributed by atoms with E-state index < -0.39 is 17.4 Å². The second-order valence-corrected chi connectivity index (χ2v) is 4.98. The number of alkyl halides is 4. The standard InChI is InChI=1S/C11H9BrF3NO2/c12-7(4-11(13,14)15)6-1-2-9-8(3-6)16-10(17)5-18-9/h1-3,7H,4-5H2,(H,16,17). The highest BCUT2D eigenvalue weighted by atomic mass is 79.9. The molecule has 0 bridgehead atoms. The zero-order chi connectivity index (χ0) is 13.3. The fourth-order valence-corrected chi connectivity index (χ4v) is 2.27. The maximum absolute atomic E-state index is 12.3. The van der Waals surface area contributed by atoms with Gasteiger partial charge in [-0.2, -0.15) is 13.2 Å². The summed E-state index contributed by atoms with van der Waals surface area (Å²) in [5, 5.41) is 2.55. The molecular weight excluding hydrogens is 315 g/mol. The lowest BCUT2D eigenvalue weighted by Crippen LogP contribution is -2.25. The third-order valence-corrected chi connectivity index (χ3v) is 3.26. The number of ether oxygens (including phenoxy) is 1. The molecule has 7 heteroatoms. The van der Waals surface area contributed by atoms with Gasteiger partial charge >= 0.3 is 6.18 Å². The lowest BCUT2D eigenvalue weighted by atomic mass is 10.1. The van der Waals surface area contributed by atoms with E-state index in [1.165, 1.54) is 6.07 Å². The summed E-state index contributed by atoms with van der Waals surface area (Å²) >= 11 is 2.99. The molecular formula is C11H9BrF3NO2. The number of nitrogens with one attached hydrogen (secondary N) is 1. The Bertz CT molecular complexity index is 476. The molecule has 0 saturated heterocycles. The summed E-state index contributed by atoms with van der Waals surface area (Å²) in [4.78, 5) is 10.3. The molecule has 3 nitrogen and oxygen atoms in total. The molecule has 0 aliphatic carbocycles. The summed E-state index contributed by atoms with van der Waals surface area (Å²) in [5.41, 5.74) is 0.840. The van der Waals surface area contributed by atoms with Crippen LogP contribution in [0.3, 0.4) is 0 Å². The Morgan fingerprint density at radius 3 is 2.83 bits per heavy atom. The molecule has 2 rings (SSSR count). The summed E-state index contributed by atoms with van der Waals surface area (Å²) in [6.07, 6.45) is -5.22. The topological polar surface area (TPSA) is 38.3 Å². The van der Waals surface area contributed by atoms with Crippen molar-refractivity contribution in [3.63, 3.8) is 0 Å². The summed E-state index contributed by atoms with van der Waals surface area (Å²) in [6.45, 7) is -0.0767. The van der Waals surface area contributed by atoms with E-state index >= 15 is 0 Å². The monoisotopic (exact) mass is 323 g/mol. The highest BCUT2D eigenvalue weighted by Gasteiger charge is 2.31. The zero-order valence-corrected chi connectivity index (χ0v) is 10.6. The van der Waals surface area contributed by atoms with E-state index in [2.05, 4.69) is 21.2 Å². The Hall–Kier alpha value is -1.24. The van der Waals surface area contributed by atoms with Crippen molar-refractivity contribution in [1.82, 2.24) is 0 Å². The Kier molecular flexibility index (Phi) is 3.52. The maximum atomic E-state index is 12.3. The van der Waals surface area contributed by atoms with E-state index in [4.69, 9.17) is 4.74 Å². The summed E-state index contributed by atoms with van der Waals surface area (Å²) in [5.74, 6) is 0.145. The molecule has 0 saturated carbocycles. The highest BCUT2D eigenvalue weighted by Crippen LogP contribution is 2.38. The molecule has 18 heavy (non-hydrogen) atoms. The normalized spacial score (nSPS) is 16.6. The van der Waals surface area contributed by atoms with Crippen LogP contribution in [0.1, 0.15) is 16.8 Å². The van der Waals surface area contributed by atoms with Crippen molar-refractivity contribution in [2.24, 2.45) is 0 Å². The van der Waals surface area contributed by atoms with Gasteiger partial charge in [0.1, 0.15) is 5.75 Å². The van der Waals surface area contributed by atoms with E-state index in [1.807, 2.05) is 0 Å². The van der Waals surface area contributed by atoms with Gasteiger partial charge < -0.3 is 10.1 Å². The number of halogens is 4. The number of hydrogen-bond acceptors (Lipinski definition) is 2. The summed E-state index contributed by atoms with van der Waals surface area (Å²) < 4.78 is 41.9. The van der Waals surface area contributed by atoms with Gasteiger partial charge in [-0.25, -0.2) is 0 Å². The molecule has 0 aromatic heterocycles. The number of amides is 1. The molecule has 0 radical (unpaired) electrons. The SMILES string of the molecule is O=C1COc2ccc(C(Br)CC(F)(F)F)cc2N1. The van der Waals surface area contributed by atoms with E-state index in [-0.39, 0.29) is 12.5 Å². The molecule has 1 atom stereocenters. The molecule has 1 unspecified atom stereocenters. The number of benzene rings is 1. The first-order valence-electron chi connectivity index (χ1n) is 5.12. The van der Waals surface area contributed by atoms with Crippen molar-refractivity contribution in [2.75, 3.05) is 11.9 Å². The van der Waals surface area contributed by atoms with Gasteiger partial charge in [-0.1, -0.05) is 22.0 Å². The largest absolute Gasteiger partial charge is 0.482 e. The van der Waals surface area contributed by atoms with Gasteiger partial charge in [-0.05, 0) is 17.7 Å². The highest BCUT2D eigenvalue weighted by molar-refractivity contribution is 9.09. The second-order valence-electron chi connectivity index (χ2n) is 3.88. The molecule has 0 spiro atoms. The van der Waals surface area contributed by atoms with E-state index in [9.17, 15) is 18.0 Å². The van der Waals surface area contributed by atoms with Gasteiger partial charge in [-0.15, -0.1) is 0 Å². The first-order valence-corrected chi connectivity index (χ1v) is 6.04. The van der Waals surface area contributed by atoms with Crippen molar-refractivity contribution in [3.05, 3.63) is 23.8 Å². The molecule has 1 N–H and O–H groups in total. The van der Waals surface area contributed by atoms with Gasteiger partial charge in [0.05, 0.1) is 12.1 Å². The Balaban J connectivity index is 2.20. The first-order chi connectivity index (χ1) is 8.35. The summed E-state index contributed by atoms with van der Waals surface area (Å²) in [7, 11) is 0. The van der Waals surface area contributed by atoms with Crippen LogP contribution in [-0.2, 0) is 4.79 Å². The number of carbonyl (C=O) groups is 1. The fourth-order valence-electron chi connectivity index (χ4n) is 1.62. The first kappa shape index (κ1) is 13.2. The van der Waals surface area contributed by atoms with Crippen LogP contribution in [0.25, 0.3) is 0 Å². The average Bonchev–Trinajstić information content (AvgIpc) is 2.25. The lowest BCUT2D eigenvalue weighted by molar-refractivity contribution is -0.134. The molecule has 1 aromatic carbocycles. The average molecular weight is 324 g/mol. The minimum atomic E-state index is -4.25. The predicted molar refractivity (Wildman–Crippen MR) is 62.9 cm³/mol. The van der Waals surface area contributed by atoms with Crippen molar-refractivity contribution in [3.8, 4) is 5.75 Å². The van der Waals surface area contributed by atoms with Crippen LogP contribution in [0.15, 0.2) is 18.2 Å². The minimum absolute atomic E-state index is 0.0767. The van der Waals surface area contributed by atoms with Crippen LogP contribution in [0.5, 0.6) is 5.75 Å². The lowest BCUT2D eigenvalue weighted by Gasteiger charge is -2.20. The van der Waals surface area contributed by atoms with Gasteiger partial charge in [0.2, 0.25) is 0 Å². The molecule has 1 heterocycles. The van der Waals surface area contributed by atoms with Crippen LogP contribution in [0.2, 0.25) is 0 Å². The molecule has 1 aromatic rings. The van der Waals surface area contributed by atoms with Crippen LogP contribution in [0, 0.1) is 0 Å². The van der Waals surface area contributed by atoms with Gasteiger partial charge in [0.15, 0.2) is 6.61 Å². The number of carbonyl (C=O) groups excluding carboxylic acids is 1. The van der Waals surface area contributed by atoms with Crippen LogP contribution < -0.4 is 10.1 Å². The maximum Gasteiger partial charge on any atom is 0.390 e. The van der Waals surface area contributed by atoms with Crippen molar-refractivity contribution < 1.29 is 22.7 Å². The number of anilines is 1. The molecule has 1 amide bonds. The Morgan fingerprint density at radius 1 is 1.44 bits per heavy atom. The van der Waals surface area contributed by atoms with Gasteiger partial charge in [-0.3, -0.25) is 4.79 Å². The second kappa shape index (κ2) is 4.79. The summed E-state index contributed by atoms with van der Waals surface area (Å²) in [6, 6.07) is 4.58. The Morgan fingerprint density at radius 2 is 2.17 bits per heavy atom. The predicted octanol–water partition coefficient (Wildman–Crippen LogP) is 3.41. The van der Waals surface area contributed by atoms with Crippen molar-refractivity contribution in [1.29, 1.82) is 0 Å². The van der Waals surface area contributed by atoms with Crippen LogP contribution in [0.4, 0.5) is 18.9 Å². The Labute approximate surface area is 109 Å². The molecule has 1 aliphatic heterocycles. The number of fused-ring (bicyclic) bond motifs is 1. The smallest absolute Gasteiger partial charge is 0.390 e. The van der Waals surface area contributed by atoms with Gasteiger partial charge in [0.25, 0.3) is 5.91 Å². The van der Waals surface area contributed by atoms with E-state index in [1.54, 1.807) is 12.1 Å². The molecule has 1 aliphatic rings. The van der Waals surface area contributed by atoms with Crippen molar-refractivity contribution >= 4 is 27.5 Å². The van der Waals surface area contributed by atoms with Crippen LogP contribution >= 0.6 is 15.9 Å². The zero-order valence-electron chi connectivity index (χ0n) is 9.05. The quantitative estimate of drug-likeness (QED) is 0.847. The number of rotatable bonds is 2. The number of hydrogen-bond donors (Lipinski definition) is 1. The molecule has 0 fully saturated rings. The third kappa shape index (κ3) is 3.16. The molecule has 98 valence electrons.